The van der Waals surface area contributed by atoms with Gasteiger partial charge in [0.25, 0.3) is 0 Å². The van der Waals surface area contributed by atoms with Crippen molar-refractivity contribution >= 4 is 11.3 Å². The molecule has 0 bridgehead atoms. The van der Waals surface area contributed by atoms with E-state index in [9.17, 15) is 0 Å². The SMILES string of the molecule is CNc1cnc(C2=CCN(C3CCOCC3)CC2)c(C)c1. The Kier molecular flexibility index (Phi) is 4.56. The first-order chi connectivity index (χ1) is 10.3. The smallest absolute Gasteiger partial charge is 0.0690 e. The van der Waals surface area contributed by atoms with Crippen molar-refractivity contribution in [1.82, 2.24) is 9.88 Å². The van der Waals surface area contributed by atoms with Crippen LogP contribution in [0.1, 0.15) is 30.5 Å². The molecule has 3 rings (SSSR count). The average Bonchev–Trinajstić information content (AvgIpc) is 2.56. The van der Waals surface area contributed by atoms with Crippen LogP contribution in [0.5, 0.6) is 0 Å². The highest BCUT2D eigenvalue weighted by molar-refractivity contribution is 5.67. The molecular formula is C17H25N3O. The van der Waals surface area contributed by atoms with E-state index in [0.29, 0.717) is 6.04 Å². The van der Waals surface area contributed by atoms with E-state index in [-0.39, 0.29) is 0 Å². The lowest BCUT2D eigenvalue weighted by Crippen LogP contribution is -2.41. The topological polar surface area (TPSA) is 37.4 Å². The summed E-state index contributed by atoms with van der Waals surface area (Å²) in [7, 11) is 1.93. The molecule has 1 fully saturated rings. The van der Waals surface area contributed by atoms with Gasteiger partial charge in [0.2, 0.25) is 0 Å². The Labute approximate surface area is 127 Å². The fraction of sp³-hybridized carbons (Fsp3) is 0.588. The number of aryl methyl sites for hydroxylation is 1. The molecule has 1 N–H and O–H groups in total. The lowest BCUT2D eigenvalue weighted by molar-refractivity contribution is 0.0378. The molecule has 21 heavy (non-hydrogen) atoms. The molecule has 0 atom stereocenters. The molecule has 0 spiro atoms. The second kappa shape index (κ2) is 6.58. The van der Waals surface area contributed by atoms with Crippen molar-refractivity contribution in [2.75, 3.05) is 38.7 Å². The zero-order valence-electron chi connectivity index (χ0n) is 13.1. The van der Waals surface area contributed by atoms with Crippen LogP contribution in [0, 0.1) is 6.92 Å². The third-order valence-electron chi connectivity index (χ3n) is 4.62. The molecule has 4 nitrogen and oxygen atoms in total. The maximum absolute atomic E-state index is 5.46. The molecule has 0 aliphatic carbocycles. The van der Waals surface area contributed by atoms with Crippen molar-refractivity contribution in [3.63, 3.8) is 0 Å². The summed E-state index contributed by atoms with van der Waals surface area (Å²) < 4.78 is 5.46. The number of hydrogen-bond acceptors (Lipinski definition) is 4. The first-order valence-electron chi connectivity index (χ1n) is 7.93. The van der Waals surface area contributed by atoms with Crippen molar-refractivity contribution in [1.29, 1.82) is 0 Å². The highest BCUT2D eigenvalue weighted by Crippen LogP contribution is 2.27. The van der Waals surface area contributed by atoms with E-state index in [4.69, 9.17) is 4.74 Å². The molecule has 1 aromatic rings. The molecule has 4 heteroatoms. The summed E-state index contributed by atoms with van der Waals surface area (Å²) in [5.74, 6) is 0. The number of rotatable bonds is 3. The largest absolute Gasteiger partial charge is 0.387 e. The van der Waals surface area contributed by atoms with Gasteiger partial charge in [0.05, 0.1) is 17.6 Å². The zero-order valence-corrected chi connectivity index (χ0v) is 13.1. The molecule has 3 heterocycles. The molecule has 0 aromatic carbocycles. The summed E-state index contributed by atoms with van der Waals surface area (Å²) in [6.45, 7) is 6.18. The number of aromatic nitrogens is 1. The van der Waals surface area contributed by atoms with Gasteiger partial charge in [0.1, 0.15) is 0 Å². The molecule has 1 aromatic heterocycles. The molecule has 0 radical (unpaired) electrons. The summed E-state index contributed by atoms with van der Waals surface area (Å²) in [4.78, 5) is 7.24. The van der Waals surface area contributed by atoms with E-state index >= 15 is 0 Å². The maximum atomic E-state index is 5.46. The van der Waals surface area contributed by atoms with Crippen LogP contribution < -0.4 is 5.32 Å². The van der Waals surface area contributed by atoms with Crippen molar-refractivity contribution in [2.24, 2.45) is 0 Å². The Morgan fingerprint density at radius 1 is 1.33 bits per heavy atom. The quantitative estimate of drug-likeness (QED) is 0.927. The van der Waals surface area contributed by atoms with E-state index in [1.54, 1.807) is 0 Å². The first kappa shape index (κ1) is 14.5. The van der Waals surface area contributed by atoms with Crippen LogP contribution >= 0.6 is 0 Å². The molecule has 0 amide bonds. The van der Waals surface area contributed by atoms with E-state index in [1.165, 1.54) is 29.7 Å². The predicted molar refractivity (Wildman–Crippen MR) is 86.5 cm³/mol. The second-order valence-electron chi connectivity index (χ2n) is 5.96. The summed E-state index contributed by atoms with van der Waals surface area (Å²) in [6, 6.07) is 2.88. The van der Waals surface area contributed by atoms with Crippen LogP contribution in [0.25, 0.3) is 5.57 Å². The van der Waals surface area contributed by atoms with Crippen LogP contribution in [0.3, 0.4) is 0 Å². The van der Waals surface area contributed by atoms with Crippen molar-refractivity contribution in [3.05, 3.63) is 29.6 Å². The summed E-state index contributed by atoms with van der Waals surface area (Å²) in [5.41, 5.74) is 4.91. The molecule has 0 unspecified atom stereocenters. The molecular weight excluding hydrogens is 262 g/mol. The van der Waals surface area contributed by atoms with Crippen LogP contribution in [0.2, 0.25) is 0 Å². The van der Waals surface area contributed by atoms with Gasteiger partial charge >= 0.3 is 0 Å². The Balaban J connectivity index is 1.69. The van der Waals surface area contributed by atoms with Gasteiger partial charge < -0.3 is 10.1 Å². The second-order valence-corrected chi connectivity index (χ2v) is 5.96. The lowest BCUT2D eigenvalue weighted by atomic mass is 9.98. The minimum absolute atomic E-state index is 0.706. The number of hydrogen-bond donors (Lipinski definition) is 1. The fourth-order valence-electron chi connectivity index (χ4n) is 3.33. The standard InChI is InChI=1S/C17H25N3O/c1-13-11-15(18-2)12-19-17(13)14-3-7-20(8-4-14)16-5-9-21-10-6-16/h3,11-12,16,18H,4-10H2,1-2H3. The van der Waals surface area contributed by atoms with Crippen LogP contribution in [-0.2, 0) is 4.74 Å². The van der Waals surface area contributed by atoms with E-state index < -0.39 is 0 Å². The van der Waals surface area contributed by atoms with Gasteiger partial charge in [-0.15, -0.1) is 0 Å². The van der Waals surface area contributed by atoms with Crippen LogP contribution in [-0.4, -0.2) is 49.3 Å². The number of nitrogens with zero attached hydrogens (tertiary/aromatic N) is 2. The maximum Gasteiger partial charge on any atom is 0.0690 e. The summed E-state index contributed by atoms with van der Waals surface area (Å²) in [6.07, 6.45) is 7.75. The van der Waals surface area contributed by atoms with Gasteiger partial charge in [0, 0.05) is 39.4 Å². The molecule has 2 aliphatic heterocycles. The minimum atomic E-state index is 0.706. The number of pyridine rings is 1. The monoisotopic (exact) mass is 287 g/mol. The van der Waals surface area contributed by atoms with Gasteiger partial charge in [0.15, 0.2) is 0 Å². The van der Waals surface area contributed by atoms with E-state index in [2.05, 4.69) is 34.3 Å². The third kappa shape index (κ3) is 3.27. The first-order valence-corrected chi connectivity index (χ1v) is 7.93. The molecule has 1 saturated heterocycles. The third-order valence-corrected chi connectivity index (χ3v) is 4.62. The highest BCUT2D eigenvalue weighted by Gasteiger charge is 2.23. The van der Waals surface area contributed by atoms with Crippen molar-refractivity contribution < 1.29 is 4.74 Å². The zero-order chi connectivity index (χ0) is 14.7. The summed E-state index contributed by atoms with van der Waals surface area (Å²) >= 11 is 0. The number of ether oxygens (including phenoxy) is 1. The van der Waals surface area contributed by atoms with Gasteiger partial charge in [-0.2, -0.15) is 0 Å². The number of nitrogens with one attached hydrogen (secondary N) is 1. The lowest BCUT2D eigenvalue weighted by Gasteiger charge is -2.36. The van der Waals surface area contributed by atoms with Gasteiger partial charge in [-0.25, -0.2) is 0 Å². The van der Waals surface area contributed by atoms with Crippen LogP contribution in [0.15, 0.2) is 18.3 Å². The molecule has 114 valence electrons. The molecule has 2 aliphatic rings. The highest BCUT2D eigenvalue weighted by atomic mass is 16.5. The molecule has 0 saturated carbocycles. The summed E-state index contributed by atoms with van der Waals surface area (Å²) in [5, 5.41) is 3.15. The Bertz CT molecular complexity index is 521. The van der Waals surface area contributed by atoms with Crippen LogP contribution in [0.4, 0.5) is 5.69 Å². The van der Waals surface area contributed by atoms with Gasteiger partial charge in [-0.1, -0.05) is 6.08 Å². The predicted octanol–water partition coefficient (Wildman–Crippen LogP) is 2.70. The van der Waals surface area contributed by atoms with Crippen molar-refractivity contribution in [2.45, 2.75) is 32.2 Å². The van der Waals surface area contributed by atoms with Crippen molar-refractivity contribution in [3.8, 4) is 0 Å². The van der Waals surface area contributed by atoms with Gasteiger partial charge in [-0.3, -0.25) is 9.88 Å². The Morgan fingerprint density at radius 2 is 2.14 bits per heavy atom. The Morgan fingerprint density at radius 3 is 2.76 bits per heavy atom. The van der Waals surface area contributed by atoms with E-state index in [0.717, 1.165) is 38.4 Å². The van der Waals surface area contributed by atoms with E-state index in [1.807, 2.05) is 13.2 Å². The fourth-order valence-corrected chi connectivity index (χ4v) is 3.33. The Hall–Kier alpha value is -1.39. The minimum Gasteiger partial charge on any atom is -0.387 e. The van der Waals surface area contributed by atoms with Gasteiger partial charge in [-0.05, 0) is 43.4 Å². The normalized spacial score (nSPS) is 21.1. The number of anilines is 1. The average molecular weight is 287 g/mol.